The van der Waals surface area contributed by atoms with Gasteiger partial charge in [-0.25, -0.2) is 12.8 Å². The second kappa shape index (κ2) is 9.54. The van der Waals surface area contributed by atoms with Gasteiger partial charge in [0.15, 0.2) is 0 Å². The summed E-state index contributed by atoms with van der Waals surface area (Å²) in [4.78, 5) is 12.4. The van der Waals surface area contributed by atoms with Gasteiger partial charge >= 0.3 is 0 Å². The van der Waals surface area contributed by atoms with Crippen LogP contribution in [0.3, 0.4) is 0 Å². The SMILES string of the molecule is CC(CCc1ccccc1)NC(=O)c1ccc(NS(=O)(=O)c2ccc(F)cc2)cc1. The standard InChI is InChI=1S/C23H23FN2O3S/c1-17(7-8-18-5-3-2-4-6-18)25-23(27)19-9-13-21(14-10-19)26-30(28,29)22-15-11-20(24)12-16-22/h2-6,9-17,26H,7-8H2,1H3,(H,25,27). The van der Waals surface area contributed by atoms with Crippen molar-refractivity contribution in [1.82, 2.24) is 5.32 Å². The summed E-state index contributed by atoms with van der Waals surface area (Å²) in [7, 11) is -3.83. The van der Waals surface area contributed by atoms with Crippen LogP contribution >= 0.6 is 0 Å². The molecule has 0 aliphatic heterocycles. The topological polar surface area (TPSA) is 75.3 Å². The smallest absolute Gasteiger partial charge is 0.261 e. The Morgan fingerprint density at radius 2 is 1.57 bits per heavy atom. The first-order chi connectivity index (χ1) is 14.3. The molecule has 0 bridgehead atoms. The normalized spacial score (nSPS) is 12.2. The maximum absolute atomic E-state index is 13.0. The van der Waals surface area contributed by atoms with Crippen molar-refractivity contribution in [3.8, 4) is 0 Å². The van der Waals surface area contributed by atoms with Crippen molar-refractivity contribution < 1.29 is 17.6 Å². The zero-order valence-corrected chi connectivity index (χ0v) is 17.3. The second-order valence-electron chi connectivity index (χ2n) is 7.04. The molecule has 0 fully saturated rings. The quantitative estimate of drug-likeness (QED) is 0.561. The second-order valence-corrected chi connectivity index (χ2v) is 8.72. The highest BCUT2D eigenvalue weighted by Gasteiger charge is 2.15. The van der Waals surface area contributed by atoms with Crippen LogP contribution in [0.15, 0.2) is 83.8 Å². The van der Waals surface area contributed by atoms with Crippen LogP contribution in [0.1, 0.15) is 29.3 Å². The summed E-state index contributed by atoms with van der Waals surface area (Å²) < 4.78 is 40.1. The minimum absolute atomic E-state index is 0.00522. The number of nitrogens with one attached hydrogen (secondary N) is 2. The van der Waals surface area contributed by atoms with Crippen molar-refractivity contribution in [2.45, 2.75) is 30.7 Å². The number of aryl methyl sites for hydroxylation is 1. The average molecular weight is 427 g/mol. The van der Waals surface area contributed by atoms with E-state index in [1.807, 2.05) is 25.1 Å². The van der Waals surface area contributed by atoms with Crippen molar-refractivity contribution in [2.24, 2.45) is 0 Å². The van der Waals surface area contributed by atoms with E-state index in [0.29, 0.717) is 11.3 Å². The Balaban J connectivity index is 1.56. The Morgan fingerprint density at radius 1 is 0.933 bits per heavy atom. The van der Waals surface area contributed by atoms with Gasteiger partial charge < -0.3 is 5.32 Å². The molecule has 3 aromatic carbocycles. The van der Waals surface area contributed by atoms with Gasteiger partial charge in [-0.05, 0) is 73.9 Å². The van der Waals surface area contributed by atoms with E-state index >= 15 is 0 Å². The van der Waals surface area contributed by atoms with Gasteiger partial charge in [0.2, 0.25) is 0 Å². The van der Waals surface area contributed by atoms with Crippen molar-refractivity contribution in [2.75, 3.05) is 4.72 Å². The summed E-state index contributed by atoms with van der Waals surface area (Å²) in [6, 6.07) is 20.8. The maximum atomic E-state index is 13.0. The highest BCUT2D eigenvalue weighted by Crippen LogP contribution is 2.17. The lowest BCUT2D eigenvalue weighted by molar-refractivity contribution is 0.0938. The number of carbonyl (C=O) groups is 1. The molecule has 1 amide bonds. The van der Waals surface area contributed by atoms with Crippen LogP contribution in [0.2, 0.25) is 0 Å². The van der Waals surface area contributed by atoms with E-state index in [4.69, 9.17) is 0 Å². The number of carbonyl (C=O) groups excluding carboxylic acids is 1. The molecule has 0 saturated heterocycles. The average Bonchev–Trinajstić information content (AvgIpc) is 2.73. The van der Waals surface area contributed by atoms with Gasteiger partial charge in [-0.15, -0.1) is 0 Å². The Morgan fingerprint density at radius 3 is 2.20 bits per heavy atom. The highest BCUT2D eigenvalue weighted by molar-refractivity contribution is 7.92. The number of rotatable bonds is 8. The van der Waals surface area contributed by atoms with Crippen LogP contribution in [0, 0.1) is 5.82 Å². The highest BCUT2D eigenvalue weighted by atomic mass is 32.2. The number of anilines is 1. The molecule has 0 heterocycles. The van der Waals surface area contributed by atoms with Gasteiger partial charge in [0.25, 0.3) is 15.9 Å². The molecule has 7 heteroatoms. The van der Waals surface area contributed by atoms with Crippen LogP contribution in [0.25, 0.3) is 0 Å². The Hall–Kier alpha value is -3.19. The van der Waals surface area contributed by atoms with Crippen molar-refractivity contribution in [3.05, 3.63) is 95.8 Å². The number of benzene rings is 3. The minimum Gasteiger partial charge on any atom is -0.350 e. The molecule has 0 aliphatic rings. The fraction of sp³-hybridized carbons (Fsp3) is 0.174. The number of hydrogen-bond donors (Lipinski definition) is 2. The van der Waals surface area contributed by atoms with E-state index in [1.54, 1.807) is 12.1 Å². The predicted molar refractivity (Wildman–Crippen MR) is 115 cm³/mol. The van der Waals surface area contributed by atoms with Gasteiger partial charge in [0.05, 0.1) is 4.90 Å². The molecule has 0 aromatic heterocycles. The number of halogens is 1. The Labute approximate surface area is 176 Å². The first-order valence-corrected chi connectivity index (χ1v) is 11.0. The number of amides is 1. The van der Waals surface area contributed by atoms with E-state index in [0.717, 1.165) is 25.0 Å². The molecule has 156 valence electrons. The van der Waals surface area contributed by atoms with Crippen LogP contribution in [-0.2, 0) is 16.4 Å². The summed E-state index contributed by atoms with van der Waals surface area (Å²) in [5.74, 6) is -0.731. The summed E-state index contributed by atoms with van der Waals surface area (Å²) in [6.45, 7) is 1.95. The first kappa shape index (κ1) is 21.5. The predicted octanol–water partition coefficient (Wildman–Crippen LogP) is 4.38. The lowest BCUT2D eigenvalue weighted by atomic mass is 10.1. The number of sulfonamides is 1. The van der Waals surface area contributed by atoms with E-state index in [1.165, 1.54) is 29.8 Å². The summed E-state index contributed by atoms with van der Waals surface area (Å²) >= 11 is 0. The fourth-order valence-electron chi connectivity index (χ4n) is 2.92. The van der Waals surface area contributed by atoms with Gasteiger partial charge in [0, 0.05) is 17.3 Å². The maximum Gasteiger partial charge on any atom is 0.261 e. The zero-order chi connectivity index (χ0) is 21.6. The fourth-order valence-corrected chi connectivity index (χ4v) is 3.98. The molecule has 3 rings (SSSR count). The first-order valence-electron chi connectivity index (χ1n) is 9.57. The largest absolute Gasteiger partial charge is 0.350 e. The van der Waals surface area contributed by atoms with Crippen molar-refractivity contribution in [1.29, 1.82) is 0 Å². The molecule has 0 saturated carbocycles. The minimum atomic E-state index is -3.83. The molecule has 0 spiro atoms. The molecular formula is C23H23FN2O3S. The lowest BCUT2D eigenvalue weighted by Crippen LogP contribution is -2.32. The third-order valence-electron chi connectivity index (χ3n) is 4.61. The van der Waals surface area contributed by atoms with Crippen LogP contribution in [0.5, 0.6) is 0 Å². The summed E-state index contributed by atoms with van der Waals surface area (Å²) in [5, 5.41) is 2.95. The van der Waals surface area contributed by atoms with Crippen LogP contribution < -0.4 is 10.0 Å². The van der Waals surface area contributed by atoms with E-state index in [-0.39, 0.29) is 16.8 Å². The molecule has 2 N–H and O–H groups in total. The molecule has 1 atom stereocenters. The van der Waals surface area contributed by atoms with E-state index in [2.05, 4.69) is 22.2 Å². The molecule has 1 unspecified atom stereocenters. The molecule has 30 heavy (non-hydrogen) atoms. The number of hydrogen-bond acceptors (Lipinski definition) is 3. The van der Waals surface area contributed by atoms with E-state index < -0.39 is 15.8 Å². The Kier molecular flexibility index (Phi) is 6.84. The van der Waals surface area contributed by atoms with Crippen LogP contribution in [-0.4, -0.2) is 20.4 Å². The molecule has 0 aliphatic carbocycles. The summed E-state index contributed by atoms with van der Waals surface area (Å²) in [6.07, 6.45) is 1.68. The molecule has 5 nitrogen and oxygen atoms in total. The molecule has 0 radical (unpaired) electrons. The van der Waals surface area contributed by atoms with Gasteiger partial charge in [0.1, 0.15) is 5.82 Å². The van der Waals surface area contributed by atoms with Crippen molar-refractivity contribution >= 4 is 21.6 Å². The van der Waals surface area contributed by atoms with Gasteiger partial charge in [-0.1, -0.05) is 30.3 Å². The third kappa shape index (κ3) is 5.90. The van der Waals surface area contributed by atoms with Crippen LogP contribution in [0.4, 0.5) is 10.1 Å². The third-order valence-corrected chi connectivity index (χ3v) is 6.01. The van der Waals surface area contributed by atoms with Gasteiger partial charge in [-0.3, -0.25) is 9.52 Å². The Bertz CT molecular complexity index is 1080. The van der Waals surface area contributed by atoms with Crippen molar-refractivity contribution in [3.63, 3.8) is 0 Å². The molecular weight excluding hydrogens is 403 g/mol. The summed E-state index contributed by atoms with van der Waals surface area (Å²) in [5.41, 5.74) is 1.97. The van der Waals surface area contributed by atoms with Gasteiger partial charge in [-0.2, -0.15) is 0 Å². The lowest BCUT2D eigenvalue weighted by Gasteiger charge is -2.14. The molecule has 3 aromatic rings. The monoisotopic (exact) mass is 426 g/mol. The zero-order valence-electron chi connectivity index (χ0n) is 16.5. The van der Waals surface area contributed by atoms with E-state index in [9.17, 15) is 17.6 Å².